The highest BCUT2D eigenvalue weighted by Crippen LogP contribution is 2.05. The fourth-order valence-corrected chi connectivity index (χ4v) is 1.75. The van der Waals surface area contributed by atoms with Crippen molar-refractivity contribution in [2.24, 2.45) is 0 Å². The van der Waals surface area contributed by atoms with Crippen molar-refractivity contribution in [3.8, 4) is 0 Å². The number of hydrogen-bond acceptors (Lipinski definition) is 3. The molecular weight excluding hydrogens is 226 g/mol. The topological polar surface area (TPSA) is 66.4 Å². The van der Waals surface area contributed by atoms with Crippen LogP contribution in [0.2, 0.25) is 0 Å². The highest BCUT2D eigenvalue weighted by Gasteiger charge is 2.14. The van der Waals surface area contributed by atoms with Crippen molar-refractivity contribution in [3.05, 3.63) is 12.7 Å². The van der Waals surface area contributed by atoms with Gasteiger partial charge in [0.15, 0.2) is 0 Å². The van der Waals surface area contributed by atoms with Crippen molar-refractivity contribution in [3.63, 3.8) is 0 Å². The first-order valence-electron chi connectivity index (χ1n) is 5.21. The van der Waals surface area contributed by atoms with E-state index in [1.165, 1.54) is 0 Å². The molecule has 0 aromatic heterocycles. The molecule has 0 heterocycles. The van der Waals surface area contributed by atoms with Crippen LogP contribution in [0, 0.1) is 0 Å². The zero-order valence-corrected chi connectivity index (χ0v) is 10.4. The first kappa shape index (κ1) is 15.0. The third kappa shape index (κ3) is 8.35. The number of rotatable bonds is 9. The third-order valence-electron chi connectivity index (χ3n) is 2.03. The van der Waals surface area contributed by atoms with Crippen LogP contribution in [0.4, 0.5) is 0 Å². The predicted octanol–water partition coefficient (Wildman–Crippen LogP) is 1.67. The number of amides is 1. The average Bonchev–Trinajstić information content (AvgIpc) is 2.22. The summed E-state index contributed by atoms with van der Waals surface area (Å²) in [6.45, 7) is 3.53. The lowest BCUT2D eigenvalue weighted by atomic mass is 10.1. The summed E-state index contributed by atoms with van der Waals surface area (Å²) >= 11 is 1.64. The number of carboxylic acid groups (broad SMARTS) is 1. The Morgan fingerprint density at radius 2 is 2.25 bits per heavy atom. The molecule has 92 valence electrons. The Morgan fingerprint density at radius 3 is 2.75 bits per heavy atom. The van der Waals surface area contributed by atoms with Crippen LogP contribution in [0.3, 0.4) is 0 Å². The molecule has 1 amide bonds. The lowest BCUT2D eigenvalue weighted by molar-refractivity contribution is -0.137. The van der Waals surface area contributed by atoms with Crippen LogP contribution >= 0.6 is 11.8 Å². The second-order valence-corrected chi connectivity index (χ2v) is 4.46. The van der Waals surface area contributed by atoms with Crippen molar-refractivity contribution >= 4 is 23.6 Å². The van der Waals surface area contributed by atoms with Crippen molar-refractivity contribution in [1.29, 1.82) is 0 Å². The number of thioether (sulfide) groups is 1. The molecular formula is C11H19NO3S. The lowest BCUT2D eigenvalue weighted by Crippen LogP contribution is -2.36. The molecule has 0 rings (SSSR count). The molecule has 0 saturated heterocycles. The Morgan fingerprint density at radius 1 is 1.56 bits per heavy atom. The summed E-state index contributed by atoms with van der Waals surface area (Å²) in [6, 6.07) is -0.262. The molecule has 0 bridgehead atoms. The van der Waals surface area contributed by atoms with E-state index in [0.29, 0.717) is 19.3 Å². The molecule has 5 heteroatoms. The van der Waals surface area contributed by atoms with Crippen LogP contribution in [0.1, 0.15) is 25.7 Å². The van der Waals surface area contributed by atoms with Gasteiger partial charge in [-0.3, -0.25) is 9.59 Å². The number of carbonyl (C=O) groups excluding carboxylic acids is 1. The maximum atomic E-state index is 11.4. The smallest absolute Gasteiger partial charge is 0.305 e. The fourth-order valence-electron chi connectivity index (χ4n) is 1.23. The Labute approximate surface area is 100 Å². The van der Waals surface area contributed by atoms with Gasteiger partial charge in [0.1, 0.15) is 0 Å². The van der Waals surface area contributed by atoms with Gasteiger partial charge in [-0.05, 0) is 24.9 Å². The van der Waals surface area contributed by atoms with E-state index in [1.54, 1.807) is 17.8 Å². The largest absolute Gasteiger partial charge is 0.481 e. The minimum atomic E-state index is -0.880. The minimum Gasteiger partial charge on any atom is -0.481 e. The summed E-state index contributed by atoms with van der Waals surface area (Å²) in [7, 11) is 0. The number of allylic oxidation sites excluding steroid dienone is 1. The predicted molar refractivity (Wildman–Crippen MR) is 66.6 cm³/mol. The molecule has 0 spiro atoms. The summed E-state index contributed by atoms with van der Waals surface area (Å²) in [5.41, 5.74) is 0. The zero-order chi connectivity index (χ0) is 12.4. The van der Waals surface area contributed by atoms with Gasteiger partial charge < -0.3 is 10.4 Å². The molecule has 0 aromatic rings. The van der Waals surface area contributed by atoms with Gasteiger partial charge in [-0.15, -0.1) is 6.58 Å². The van der Waals surface area contributed by atoms with E-state index in [0.717, 1.165) is 5.75 Å². The van der Waals surface area contributed by atoms with E-state index in [4.69, 9.17) is 5.11 Å². The molecule has 0 aliphatic rings. The summed E-state index contributed by atoms with van der Waals surface area (Å²) in [5, 5.41) is 11.4. The number of carboxylic acids is 1. The van der Waals surface area contributed by atoms with E-state index >= 15 is 0 Å². The molecule has 0 fully saturated rings. The highest BCUT2D eigenvalue weighted by molar-refractivity contribution is 7.98. The average molecular weight is 245 g/mol. The molecule has 16 heavy (non-hydrogen) atoms. The molecule has 2 N–H and O–H groups in total. The quantitative estimate of drug-likeness (QED) is 0.606. The Balaban J connectivity index is 4.02. The molecule has 0 aromatic carbocycles. The van der Waals surface area contributed by atoms with Crippen LogP contribution in [0.25, 0.3) is 0 Å². The SMILES string of the molecule is C=CCCC(=O)N[C@@H](CCSC)CC(=O)O. The van der Waals surface area contributed by atoms with Gasteiger partial charge in [-0.1, -0.05) is 6.08 Å². The first-order chi connectivity index (χ1) is 7.60. The van der Waals surface area contributed by atoms with Gasteiger partial charge in [-0.2, -0.15) is 11.8 Å². The first-order valence-corrected chi connectivity index (χ1v) is 6.60. The lowest BCUT2D eigenvalue weighted by Gasteiger charge is -2.16. The molecule has 0 unspecified atom stereocenters. The van der Waals surface area contributed by atoms with Gasteiger partial charge >= 0.3 is 5.97 Å². The number of aliphatic carboxylic acids is 1. The fraction of sp³-hybridized carbons (Fsp3) is 0.636. The van der Waals surface area contributed by atoms with Crippen LogP contribution in [-0.4, -0.2) is 35.0 Å². The standard InChI is InChI=1S/C11H19NO3S/c1-3-4-5-10(13)12-9(6-7-16-2)8-11(14)15/h3,9H,1,4-8H2,2H3,(H,12,13)(H,14,15)/t9-/m0/s1. The van der Waals surface area contributed by atoms with Gasteiger partial charge in [-0.25, -0.2) is 0 Å². The summed E-state index contributed by atoms with van der Waals surface area (Å²) in [4.78, 5) is 22.0. The van der Waals surface area contributed by atoms with E-state index in [1.807, 2.05) is 6.26 Å². The summed E-state index contributed by atoms with van der Waals surface area (Å²) in [5.74, 6) is -0.137. The monoisotopic (exact) mass is 245 g/mol. The number of nitrogens with one attached hydrogen (secondary N) is 1. The van der Waals surface area contributed by atoms with E-state index < -0.39 is 5.97 Å². The molecule has 0 radical (unpaired) electrons. The Hall–Kier alpha value is -0.970. The number of carbonyl (C=O) groups is 2. The maximum Gasteiger partial charge on any atom is 0.305 e. The van der Waals surface area contributed by atoms with Crippen LogP contribution in [-0.2, 0) is 9.59 Å². The molecule has 0 aliphatic heterocycles. The minimum absolute atomic E-state index is 0.0135. The van der Waals surface area contributed by atoms with Crippen molar-refractivity contribution in [1.82, 2.24) is 5.32 Å². The van der Waals surface area contributed by atoms with Crippen molar-refractivity contribution < 1.29 is 14.7 Å². The normalized spacial score (nSPS) is 11.8. The van der Waals surface area contributed by atoms with Crippen molar-refractivity contribution in [2.45, 2.75) is 31.7 Å². The third-order valence-corrected chi connectivity index (χ3v) is 2.68. The van der Waals surface area contributed by atoms with Crippen LogP contribution in [0.5, 0.6) is 0 Å². The molecule has 0 saturated carbocycles. The summed E-state index contributed by atoms with van der Waals surface area (Å²) < 4.78 is 0. The van der Waals surface area contributed by atoms with Gasteiger partial charge in [0.05, 0.1) is 6.42 Å². The molecule has 4 nitrogen and oxygen atoms in total. The van der Waals surface area contributed by atoms with E-state index in [-0.39, 0.29) is 18.4 Å². The Kier molecular flexibility index (Phi) is 8.71. The van der Waals surface area contributed by atoms with E-state index in [2.05, 4.69) is 11.9 Å². The van der Waals surface area contributed by atoms with Crippen LogP contribution in [0.15, 0.2) is 12.7 Å². The molecule has 1 atom stereocenters. The maximum absolute atomic E-state index is 11.4. The zero-order valence-electron chi connectivity index (χ0n) is 9.57. The second kappa shape index (κ2) is 9.27. The number of hydrogen-bond donors (Lipinski definition) is 2. The van der Waals surface area contributed by atoms with E-state index in [9.17, 15) is 9.59 Å². The molecule has 0 aliphatic carbocycles. The van der Waals surface area contributed by atoms with Gasteiger partial charge in [0.2, 0.25) is 5.91 Å². The Bertz CT molecular complexity index is 243. The highest BCUT2D eigenvalue weighted by atomic mass is 32.2. The van der Waals surface area contributed by atoms with Gasteiger partial charge in [0, 0.05) is 12.5 Å². The summed E-state index contributed by atoms with van der Waals surface area (Å²) in [6.07, 6.45) is 5.30. The second-order valence-electron chi connectivity index (χ2n) is 3.47. The van der Waals surface area contributed by atoms with Crippen LogP contribution < -0.4 is 5.32 Å². The van der Waals surface area contributed by atoms with Gasteiger partial charge in [0.25, 0.3) is 0 Å². The van der Waals surface area contributed by atoms with Crippen molar-refractivity contribution in [2.75, 3.05) is 12.0 Å².